The molecular formula is C17H19NO2S. The fourth-order valence-corrected chi connectivity index (χ4v) is 2.63. The average Bonchev–Trinajstić information content (AvgIpc) is 3.00. The summed E-state index contributed by atoms with van der Waals surface area (Å²) in [4.78, 5) is 12.6. The van der Waals surface area contributed by atoms with Crippen LogP contribution in [0.3, 0.4) is 0 Å². The minimum atomic E-state index is -1.04. The molecule has 2 N–H and O–H groups in total. The molecule has 0 bridgehead atoms. The van der Waals surface area contributed by atoms with Gasteiger partial charge in [0, 0.05) is 11.0 Å². The normalized spacial score (nSPS) is 14.0. The zero-order chi connectivity index (χ0) is 15.3. The Morgan fingerprint density at radius 3 is 2.67 bits per heavy atom. The van der Waals surface area contributed by atoms with Crippen molar-refractivity contribution in [3.8, 4) is 0 Å². The minimum Gasteiger partial charge on any atom is -0.383 e. The monoisotopic (exact) mass is 301 g/mol. The Hall–Kier alpha value is -1.91. The lowest BCUT2D eigenvalue weighted by atomic mass is 10.1. The predicted octanol–water partition coefficient (Wildman–Crippen LogP) is 3.09. The van der Waals surface area contributed by atoms with Crippen LogP contribution in [-0.4, -0.2) is 17.6 Å². The largest absolute Gasteiger partial charge is 0.383 e. The van der Waals surface area contributed by atoms with Gasteiger partial charge < -0.3 is 10.4 Å². The maximum atomic E-state index is 11.8. The number of benzene rings is 1. The molecule has 0 aliphatic carbocycles. The summed E-state index contributed by atoms with van der Waals surface area (Å²) in [5.74, 6) is -0.215. The highest BCUT2D eigenvalue weighted by molar-refractivity contribution is 7.10. The molecule has 0 saturated carbocycles. The molecular weight excluding hydrogens is 282 g/mol. The molecule has 0 saturated heterocycles. The molecule has 1 amide bonds. The number of nitrogens with one attached hydrogen (secondary N) is 1. The van der Waals surface area contributed by atoms with Gasteiger partial charge >= 0.3 is 0 Å². The van der Waals surface area contributed by atoms with Crippen LogP contribution in [0.25, 0.3) is 6.08 Å². The van der Waals surface area contributed by atoms with Crippen LogP contribution in [0.1, 0.15) is 22.9 Å². The summed E-state index contributed by atoms with van der Waals surface area (Å²) in [5, 5.41) is 14.9. The molecule has 3 nitrogen and oxygen atoms in total. The molecule has 4 heteroatoms. The number of carbonyl (C=O) groups is 1. The number of amides is 1. The van der Waals surface area contributed by atoms with Gasteiger partial charge in [0.25, 0.3) is 0 Å². The number of aliphatic hydroxyl groups is 1. The van der Waals surface area contributed by atoms with E-state index in [2.05, 4.69) is 5.32 Å². The first-order chi connectivity index (χ1) is 9.97. The van der Waals surface area contributed by atoms with Gasteiger partial charge in [-0.25, -0.2) is 0 Å². The van der Waals surface area contributed by atoms with E-state index in [1.54, 1.807) is 13.0 Å². The number of hydrogen-bond acceptors (Lipinski definition) is 3. The zero-order valence-electron chi connectivity index (χ0n) is 12.2. The van der Waals surface area contributed by atoms with Crippen molar-refractivity contribution in [2.24, 2.45) is 0 Å². The lowest BCUT2D eigenvalue weighted by molar-refractivity contribution is -0.117. The van der Waals surface area contributed by atoms with Crippen molar-refractivity contribution in [2.45, 2.75) is 19.4 Å². The molecule has 2 aromatic rings. The lowest BCUT2D eigenvalue weighted by Crippen LogP contribution is -2.37. The maximum Gasteiger partial charge on any atom is 0.244 e. The third-order valence-electron chi connectivity index (χ3n) is 3.16. The molecule has 21 heavy (non-hydrogen) atoms. The molecule has 1 aromatic carbocycles. The Bertz CT molecular complexity index is 613. The van der Waals surface area contributed by atoms with Crippen LogP contribution in [0, 0.1) is 6.92 Å². The molecule has 0 radical (unpaired) electrons. The molecule has 0 aliphatic heterocycles. The van der Waals surface area contributed by atoms with E-state index in [-0.39, 0.29) is 12.5 Å². The van der Waals surface area contributed by atoms with Gasteiger partial charge in [-0.2, -0.15) is 0 Å². The Morgan fingerprint density at radius 2 is 2.05 bits per heavy atom. The van der Waals surface area contributed by atoms with Crippen molar-refractivity contribution in [2.75, 3.05) is 6.54 Å². The molecule has 0 spiro atoms. The molecule has 110 valence electrons. The molecule has 0 aliphatic rings. The van der Waals surface area contributed by atoms with Gasteiger partial charge in [0.05, 0.1) is 6.54 Å². The third-order valence-corrected chi connectivity index (χ3v) is 4.29. The van der Waals surface area contributed by atoms with Gasteiger partial charge in [0.1, 0.15) is 5.60 Å². The summed E-state index contributed by atoms with van der Waals surface area (Å²) in [6.07, 6.45) is 3.24. The highest BCUT2D eigenvalue weighted by Crippen LogP contribution is 2.24. The first kappa shape index (κ1) is 15.5. The standard InChI is InChI=1S/C17H19NO2S/c1-13-5-7-14(8-6-13)9-10-16(19)18-12-17(2,20)15-4-3-11-21-15/h3-11,20H,12H2,1-2H3,(H,18,19). The average molecular weight is 301 g/mol. The van der Waals surface area contributed by atoms with Crippen LogP contribution < -0.4 is 5.32 Å². The first-order valence-corrected chi connectivity index (χ1v) is 7.64. The van der Waals surface area contributed by atoms with Crippen LogP contribution in [0.5, 0.6) is 0 Å². The quantitative estimate of drug-likeness (QED) is 0.834. The van der Waals surface area contributed by atoms with Crippen LogP contribution in [0.15, 0.2) is 47.9 Å². The molecule has 1 aromatic heterocycles. The molecule has 2 rings (SSSR count). The molecule has 1 atom stereocenters. The van der Waals surface area contributed by atoms with Crippen LogP contribution >= 0.6 is 11.3 Å². The van der Waals surface area contributed by atoms with Crippen molar-refractivity contribution in [1.29, 1.82) is 0 Å². The SMILES string of the molecule is Cc1ccc(C=CC(=O)NCC(C)(O)c2cccs2)cc1. The van der Waals surface area contributed by atoms with Gasteiger partial charge in [-0.05, 0) is 36.9 Å². The van der Waals surface area contributed by atoms with E-state index in [9.17, 15) is 9.90 Å². The molecule has 1 heterocycles. The third kappa shape index (κ3) is 4.55. The Labute approximate surface area is 128 Å². The fourth-order valence-electron chi connectivity index (χ4n) is 1.84. The van der Waals surface area contributed by atoms with E-state index < -0.39 is 5.60 Å². The summed E-state index contributed by atoms with van der Waals surface area (Å²) in [5.41, 5.74) is 1.12. The summed E-state index contributed by atoms with van der Waals surface area (Å²) in [6.45, 7) is 3.90. The topological polar surface area (TPSA) is 49.3 Å². The van der Waals surface area contributed by atoms with E-state index in [1.165, 1.54) is 23.0 Å². The van der Waals surface area contributed by atoms with Crippen molar-refractivity contribution in [1.82, 2.24) is 5.32 Å². The second kappa shape index (κ2) is 6.70. The van der Waals surface area contributed by atoms with E-state index in [4.69, 9.17) is 0 Å². The summed E-state index contributed by atoms with van der Waals surface area (Å²) < 4.78 is 0. The zero-order valence-corrected chi connectivity index (χ0v) is 13.0. The van der Waals surface area contributed by atoms with Crippen molar-refractivity contribution in [3.63, 3.8) is 0 Å². The van der Waals surface area contributed by atoms with E-state index in [1.807, 2.05) is 48.7 Å². The van der Waals surface area contributed by atoms with Crippen molar-refractivity contribution >= 4 is 23.3 Å². The number of aryl methyl sites for hydroxylation is 1. The Balaban J connectivity index is 1.89. The van der Waals surface area contributed by atoms with Crippen molar-refractivity contribution < 1.29 is 9.90 Å². The van der Waals surface area contributed by atoms with Gasteiger partial charge in [0.15, 0.2) is 0 Å². The lowest BCUT2D eigenvalue weighted by Gasteiger charge is -2.21. The summed E-state index contributed by atoms with van der Waals surface area (Å²) in [6, 6.07) is 11.7. The van der Waals surface area contributed by atoms with Crippen molar-refractivity contribution in [3.05, 3.63) is 63.9 Å². The van der Waals surface area contributed by atoms with Gasteiger partial charge in [-0.15, -0.1) is 11.3 Å². The van der Waals surface area contributed by atoms with Crippen LogP contribution in [0.2, 0.25) is 0 Å². The first-order valence-electron chi connectivity index (χ1n) is 6.76. The highest BCUT2D eigenvalue weighted by atomic mass is 32.1. The van der Waals surface area contributed by atoms with Crippen LogP contribution in [-0.2, 0) is 10.4 Å². The smallest absolute Gasteiger partial charge is 0.244 e. The maximum absolute atomic E-state index is 11.8. The summed E-state index contributed by atoms with van der Waals surface area (Å²) >= 11 is 1.47. The van der Waals surface area contributed by atoms with E-state index in [0.29, 0.717) is 0 Å². The number of thiophene rings is 1. The fraction of sp³-hybridized carbons (Fsp3) is 0.235. The number of rotatable bonds is 5. The minimum absolute atomic E-state index is 0.185. The predicted molar refractivity (Wildman–Crippen MR) is 87.1 cm³/mol. The molecule has 1 unspecified atom stereocenters. The van der Waals surface area contributed by atoms with E-state index >= 15 is 0 Å². The Kier molecular flexibility index (Phi) is 4.94. The number of hydrogen-bond donors (Lipinski definition) is 2. The van der Waals surface area contributed by atoms with Crippen LogP contribution in [0.4, 0.5) is 0 Å². The second-order valence-electron chi connectivity index (χ2n) is 5.21. The van der Waals surface area contributed by atoms with Gasteiger partial charge in [0.2, 0.25) is 5.91 Å². The van der Waals surface area contributed by atoms with Gasteiger partial charge in [-0.1, -0.05) is 35.9 Å². The van der Waals surface area contributed by atoms with E-state index in [0.717, 1.165) is 10.4 Å². The Morgan fingerprint density at radius 1 is 1.33 bits per heavy atom. The van der Waals surface area contributed by atoms with Gasteiger partial charge in [-0.3, -0.25) is 4.79 Å². The highest BCUT2D eigenvalue weighted by Gasteiger charge is 2.24. The summed E-state index contributed by atoms with van der Waals surface area (Å²) in [7, 11) is 0. The molecule has 0 fully saturated rings. The second-order valence-corrected chi connectivity index (χ2v) is 6.16. The number of carbonyl (C=O) groups excluding carboxylic acids is 1.